The van der Waals surface area contributed by atoms with E-state index in [1.807, 2.05) is 48.5 Å². The van der Waals surface area contributed by atoms with Gasteiger partial charge in [-0.3, -0.25) is 9.35 Å². The van der Waals surface area contributed by atoms with Gasteiger partial charge in [0.2, 0.25) is 5.91 Å². The fraction of sp³-hybridized carbons (Fsp3) is 0.440. The summed E-state index contributed by atoms with van der Waals surface area (Å²) >= 11 is -2.55. The van der Waals surface area contributed by atoms with Crippen molar-refractivity contribution >= 4 is 23.2 Å². The van der Waals surface area contributed by atoms with E-state index in [-0.39, 0.29) is 19.1 Å². The van der Waals surface area contributed by atoms with Crippen LogP contribution in [-0.4, -0.2) is 75.4 Å². The number of hydrogen-bond acceptors (Lipinski definition) is 5. The maximum Gasteiger partial charge on any atom is 0.336 e. The monoisotopic (exact) mass is 516 g/mol. The first-order valence-corrected chi connectivity index (χ1v) is 13.0. The highest BCUT2D eigenvalue weighted by Gasteiger charge is 2.43. The van der Waals surface area contributed by atoms with E-state index < -0.39 is 23.2 Å². The Hall–Kier alpha value is -3.15. The average molecular weight is 517 g/mol. The lowest BCUT2D eigenvalue weighted by Gasteiger charge is -2.27. The minimum absolute atomic E-state index is 0.135. The molecule has 2 aliphatic rings. The number of hydrazine groups is 1. The van der Waals surface area contributed by atoms with Gasteiger partial charge in [-0.25, -0.2) is 14.0 Å². The number of ether oxygens (including phenoxy) is 2. The Bertz CT molecular complexity index is 1080. The van der Waals surface area contributed by atoms with Crippen molar-refractivity contribution in [2.24, 2.45) is 5.92 Å². The SMILES string of the molecule is COc1ccc(CCN2C(=O)N(N(CC(=O)NCC3CC3)S(=O)O)CC2c2ccc(OC)cc2)cc1. The molecule has 2 N–H and O–H groups in total. The zero-order valence-corrected chi connectivity index (χ0v) is 21.3. The highest BCUT2D eigenvalue weighted by atomic mass is 32.2. The molecule has 0 aromatic heterocycles. The number of rotatable bonds is 12. The molecule has 0 bridgehead atoms. The maximum atomic E-state index is 13.5. The summed E-state index contributed by atoms with van der Waals surface area (Å²) in [5.41, 5.74) is 1.89. The van der Waals surface area contributed by atoms with Crippen LogP contribution in [0, 0.1) is 5.92 Å². The number of methoxy groups -OCH3 is 2. The van der Waals surface area contributed by atoms with Gasteiger partial charge in [0, 0.05) is 13.1 Å². The summed E-state index contributed by atoms with van der Waals surface area (Å²) in [6.45, 7) is 0.679. The van der Waals surface area contributed by atoms with Gasteiger partial charge in [0.15, 0.2) is 0 Å². The Morgan fingerprint density at radius 1 is 1.08 bits per heavy atom. The molecule has 2 aromatic carbocycles. The van der Waals surface area contributed by atoms with Crippen molar-refractivity contribution in [1.29, 1.82) is 0 Å². The number of nitrogens with zero attached hydrogens (tertiary/aromatic N) is 3. The highest BCUT2D eigenvalue weighted by molar-refractivity contribution is 7.76. The molecule has 1 aliphatic heterocycles. The molecule has 2 atom stereocenters. The van der Waals surface area contributed by atoms with Crippen LogP contribution in [-0.2, 0) is 22.5 Å². The van der Waals surface area contributed by atoms with Crippen LogP contribution in [0.1, 0.15) is 30.0 Å². The molecule has 0 spiro atoms. The predicted molar refractivity (Wildman–Crippen MR) is 134 cm³/mol. The summed E-state index contributed by atoms with van der Waals surface area (Å²) in [6, 6.07) is 14.2. The van der Waals surface area contributed by atoms with Crippen molar-refractivity contribution in [1.82, 2.24) is 19.6 Å². The first kappa shape index (κ1) is 25.9. The maximum absolute atomic E-state index is 13.5. The van der Waals surface area contributed by atoms with Crippen LogP contribution in [0.4, 0.5) is 4.79 Å². The molecular formula is C25H32N4O6S. The number of carbonyl (C=O) groups is 2. The summed E-state index contributed by atoms with van der Waals surface area (Å²) < 4.78 is 33.6. The number of carbonyl (C=O) groups excluding carboxylic acids is 2. The van der Waals surface area contributed by atoms with Crippen molar-refractivity contribution in [3.05, 3.63) is 59.7 Å². The summed E-state index contributed by atoms with van der Waals surface area (Å²) in [5.74, 6) is 1.52. The van der Waals surface area contributed by atoms with Gasteiger partial charge < -0.3 is 19.7 Å². The Labute approximate surface area is 213 Å². The first-order chi connectivity index (χ1) is 17.4. The standard InChI is InChI=1S/C25H32N4O6S/c1-34-21-9-5-18(6-10-21)13-14-27-23(20-7-11-22(35-2)12-8-20)16-28(25(27)31)29(36(32)33)17-24(30)26-15-19-3-4-19/h5-12,19,23H,3-4,13-17H2,1-2H3,(H,26,30)(H,32,33). The molecule has 36 heavy (non-hydrogen) atoms. The van der Waals surface area contributed by atoms with Crippen molar-refractivity contribution < 1.29 is 27.8 Å². The van der Waals surface area contributed by atoms with Crippen LogP contribution in [0.25, 0.3) is 0 Å². The van der Waals surface area contributed by atoms with Crippen LogP contribution in [0.15, 0.2) is 48.5 Å². The van der Waals surface area contributed by atoms with E-state index in [0.29, 0.717) is 31.2 Å². The molecule has 3 amide bonds. The molecular weight excluding hydrogens is 484 g/mol. The zero-order valence-electron chi connectivity index (χ0n) is 20.5. The molecule has 0 radical (unpaired) electrons. The van der Waals surface area contributed by atoms with Gasteiger partial charge in [-0.2, -0.15) is 0 Å². The number of hydrogen-bond donors (Lipinski definition) is 2. The van der Waals surface area contributed by atoms with E-state index >= 15 is 0 Å². The summed E-state index contributed by atoms with van der Waals surface area (Å²) in [5, 5.41) is 3.99. The van der Waals surface area contributed by atoms with Gasteiger partial charge in [0.1, 0.15) is 18.0 Å². The van der Waals surface area contributed by atoms with Crippen LogP contribution in [0.2, 0.25) is 0 Å². The molecule has 4 rings (SSSR count). The summed E-state index contributed by atoms with van der Waals surface area (Å²) in [6.07, 6.45) is 2.74. The predicted octanol–water partition coefficient (Wildman–Crippen LogP) is 2.61. The zero-order chi connectivity index (χ0) is 25.7. The van der Waals surface area contributed by atoms with Crippen LogP contribution in [0.3, 0.4) is 0 Å². The van der Waals surface area contributed by atoms with Crippen LogP contribution in [0.5, 0.6) is 11.5 Å². The largest absolute Gasteiger partial charge is 0.497 e. The van der Waals surface area contributed by atoms with E-state index in [9.17, 15) is 18.4 Å². The number of urea groups is 1. The van der Waals surface area contributed by atoms with Gasteiger partial charge in [-0.05, 0) is 60.6 Å². The first-order valence-electron chi connectivity index (χ1n) is 11.9. The number of nitrogens with one attached hydrogen (secondary N) is 1. The Morgan fingerprint density at radius 3 is 2.25 bits per heavy atom. The third kappa shape index (κ3) is 6.34. The van der Waals surface area contributed by atoms with Gasteiger partial charge in [-0.1, -0.05) is 28.7 Å². The lowest BCUT2D eigenvalue weighted by Crippen LogP contribution is -2.50. The van der Waals surface area contributed by atoms with Gasteiger partial charge in [0.25, 0.3) is 11.3 Å². The molecule has 10 nitrogen and oxygen atoms in total. The van der Waals surface area contributed by atoms with E-state index in [2.05, 4.69) is 5.32 Å². The third-order valence-corrected chi connectivity index (χ3v) is 7.19. The molecule has 1 aliphatic carbocycles. The molecule has 2 unspecified atom stereocenters. The van der Waals surface area contributed by atoms with Crippen molar-refractivity contribution in [3.8, 4) is 11.5 Å². The lowest BCUT2D eigenvalue weighted by molar-refractivity contribution is -0.123. The van der Waals surface area contributed by atoms with E-state index in [1.54, 1.807) is 19.1 Å². The normalized spacial score (nSPS) is 18.4. The minimum atomic E-state index is -2.55. The molecule has 2 aromatic rings. The molecule has 1 heterocycles. The smallest absolute Gasteiger partial charge is 0.336 e. The van der Waals surface area contributed by atoms with Gasteiger partial charge in [0.05, 0.1) is 26.8 Å². The topological polar surface area (TPSA) is 112 Å². The molecule has 11 heteroatoms. The average Bonchev–Trinajstić information content (AvgIpc) is 3.67. The number of benzene rings is 2. The number of amides is 3. The highest BCUT2D eigenvalue weighted by Crippen LogP contribution is 2.32. The quantitative estimate of drug-likeness (QED) is 0.420. The molecule has 194 valence electrons. The van der Waals surface area contributed by atoms with Crippen LogP contribution >= 0.6 is 0 Å². The minimum Gasteiger partial charge on any atom is -0.497 e. The third-order valence-electron chi connectivity index (χ3n) is 6.50. The Morgan fingerprint density at radius 2 is 1.69 bits per heavy atom. The van der Waals surface area contributed by atoms with Crippen LogP contribution < -0.4 is 14.8 Å². The second-order valence-electron chi connectivity index (χ2n) is 8.93. The fourth-order valence-corrected chi connectivity index (χ4v) is 4.73. The van der Waals surface area contributed by atoms with Gasteiger partial charge in [-0.15, -0.1) is 0 Å². The molecule has 1 saturated carbocycles. The Balaban J connectivity index is 1.52. The van der Waals surface area contributed by atoms with E-state index in [1.165, 1.54) is 5.01 Å². The van der Waals surface area contributed by atoms with Crippen molar-refractivity contribution in [3.63, 3.8) is 0 Å². The summed E-state index contributed by atoms with van der Waals surface area (Å²) in [4.78, 5) is 27.6. The lowest BCUT2D eigenvalue weighted by atomic mass is 10.1. The van der Waals surface area contributed by atoms with Gasteiger partial charge >= 0.3 is 6.03 Å². The van der Waals surface area contributed by atoms with E-state index in [0.717, 1.165) is 34.1 Å². The second kappa shape index (κ2) is 11.7. The fourth-order valence-electron chi connectivity index (χ4n) is 4.20. The second-order valence-corrected chi connectivity index (χ2v) is 9.82. The molecule has 1 saturated heterocycles. The summed E-state index contributed by atoms with van der Waals surface area (Å²) in [7, 11) is 3.19. The van der Waals surface area contributed by atoms with Crippen molar-refractivity contribution in [2.45, 2.75) is 25.3 Å². The van der Waals surface area contributed by atoms with Crippen molar-refractivity contribution in [2.75, 3.05) is 40.4 Å². The van der Waals surface area contributed by atoms with E-state index in [4.69, 9.17) is 9.47 Å². The molecule has 2 fully saturated rings. The Kier molecular flexibility index (Phi) is 8.44.